The van der Waals surface area contributed by atoms with E-state index in [0.717, 1.165) is 5.56 Å². The van der Waals surface area contributed by atoms with Gasteiger partial charge in [-0.25, -0.2) is 12.8 Å². The van der Waals surface area contributed by atoms with Gasteiger partial charge in [-0.2, -0.15) is 4.31 Å². The maximum Gasteiger partial charge on any atom is 0.243 e. The molecule has 1 saturated heterocycles. The van der Waals surface area contributed by atoms with Crippen LogP contribution in [0, 0.1) is 18.7 Å². The van der Waals surface area contributed by atoms with E-state index in [0.29, 0.717) is 55.6 Å². The molecule has 170 valence electrons. The van der Waals surface area contributed by atoms with Gasteiger partial charge in [0.25, 0.3) is 0 Å². The number of fused-ring (bicyclic) bond motifs is 1. The van der Waals surface area contributed by atoms with E-state index in [-0.39, 0.29) is 23.3 Å². The number of nitrogens with zero attached hydrogens (tertiary/aromatic N) is 1. The number of piperidine rings is 1. The number of carbonyl (C=O) groups excluding carboxylic acids is 2. The summed E-state index contributed by atoms with van der Waals surface area (Å²) in [6.07, 6.45) is 2.80. The van der Waals surface area contributed by atoms with Gasteiger partial charge < -0.3 is 10.6 Å². The topological polar surface area (TPSA) is 95.6 Å². The Hall–Kier alpha value is -2.78. The van der Waals surface area contributed by atoms with Crippen LogP contribution in [-0.2, 0) is 26.0 Å². The van der Waals surface area contributed by atoms with Crippen LogP contribution in [-0.4, -0.2) is 37.6 Å². The van der Waals surface area contributed by atoms with Crippen LogP contribution in [0.2, 0.25) is 0 Å². The van der Waals surface area contributed by atoms with Gasteiger partial charge in [0.05, 0.1) is 10.8 Å². The van der Waals surface area contributed by atoms with Crippen LogP contribution in [0.4, 0.5) is 15.8 Å². The average molecular weight is 460 g/mol. The molecule has 2 aliphatic rings. The van der Waals surface area contributed by atoms with Crippen LogP contribution >= 0.6 is 0 Å². The lowest BCUT2D eigenvalue weighted by atomic mass is 9.98. The summed E-state index contributed by atoms with van der Waals surface area (Å²) < 4.78 is 41.7. The Labute approximate surface area is 187 Å². The number of hydrogen-bond donors (Lipinski definition) is 2. The van der Waals surface area contributed by atoms with Gasteiger partial charge >= 0.3 is 0 Å². The third kappa shape index (κ3) is 4.68. The summed E-state index contributed by atoms with van der Waals surface area (Å²) in [6.45, 7) is 2.04. The summed E-state index contributed by atoms with van der Waals surface area (Å²) >= 11 is 0. The van der Waals surface area contributed by atoms with Gasteiger partial charge in [-0.1, -0.05) is 6.07 Å². The zero-order valence-corrected chi connectivity index (χ0v) is 18.7. The maximum atomic E-state index is 13.8. The van der Waals surface area contributed by atoms with E-state index >= 15 is 0 Å². The number of halogens is 1. The van der Waals surface area contributed by atoms with E-state index in [9.17, 15) is 22.4 Å². The molecule has 2 heterocycles. The molecular formula is C23H26FN3O4S. The number of hydrogen-bond acceptors (Lipinski definition) is 4. The average Bonchev–Trinajstić information content (AvgIpc) is 2.96. The molecule has 2 aliphatic heterocycles. The second-order valence-corrected chi connectivity index (χ2v) is 10.3. The molecule has 2 N–H and O–H groups in total. The molecule has 32 heavy (non-hydrogen) atoms. The molecule has 0 saturated carbocycles. The number of sulfonamides is 1. The zero-order chi connectivity index (χ0) is 22.9. The Bertz CT molecular complexity index is 1170. The second kappa shape index (κ2) is 8.99. The Kier molecular flexibility index (Phi) is 6.30. The summed E-state index contributed by atoms with van der Waals surface area (Å²) in [5, 5.41) is 5.51. The Morgan fingerprint density at radius 2 is 1.97 bits per heavy atom. The van der Waals surface area contributed by atoms with Crippen molar-refractivity contribution in [2.24, 2.45) is 5.92 Å². The molecule has 2 aromatic carbocycles. The van der Waals surface area contributed by atoms with Gasteiger partial charge in [-0.05, 0) is 74.1 Å². The van der Waals surface area contributed by atoms with Gasteiger partial charge in [0.15, 0.2) is 0 Å². The Morgan fingerprint density at radius 3 is 2.75 bits per heavy atom. The molecule has 0 unspecified atom stereocenters. The second-order valence-electron chi connectivity index (χ2n) is 8.38. The number of benzene rings is 2. The smallest absolute Gasteiger partial charge is 0.243 e. The number of amides is 2. The van der Waals surface area contributed by atoms with E-state index in [1.54, 1.807) is 31.2 Å². The van der Waals surface area contributed by atoms with Crippen LogP contribution in [0.3, 0.4) is 0 Å². The molecular weight excluding hydrogens is 433 g/mol. The van der Waals surface area contributed by atoms with Crippen LogP contribution in [0.25, 0.3) is 0 Å². The van der Waals surface area contributed by atoms with E-state index in [1.807, 2.05) is 0 Å². The number of rotatable bonds is 4. The van der Waals surface area contributed by atoms with Gasteiger partial charge in [0.2, 0.25) is 21.8 Å². The number of aryl methyl sites for hydroxylation is 2. The highest BCUT2D eigenvalue weighted by molar-refractivity contribution is 7.89. The molecule has 0 radical (unpaired) electrons. The van der Waals surface area contributed by atoms with Gasteiger partial charge in [0.1, 0.15) is 5.82 Å². The van der Waals surface area contributed by atoms with Crippen molar-refractivity contribution < 1.29 is 22.4 Å². The van der Waals surface area contributed by atoms with Crippen LogP contribution in [0.15, 0.2) is 41.3 Å². The highest BCUT2D eigenvalue weighted by atomic mass is 32.2. The summed E-state index contributed by atoms with van der Waals surface area (Å²) in [5.74, 6) is -1.33. The molecule has 1 fully saturated rings. The summed E-state index contributed by atoms with van der Waals surface area (Å²) in [6, 6.07) is 9.23. The minimum Gasteiger partial charge on any atom is -0.326 e. The fourth-order valence-electron chi connectivity index (χ4n) is 4.15. The molecule has 1 atom stereocenters. The molecule has 9 heteroatoms. The summed E-state index contributed by atoms with van der Waals surface area (Å²) in [4.78, 5) is 24.6. The van der Waals surface area contributed by atoms with Crippen molar-refractivity contribution in [3.05, 3.63) is 53.3 Å². The highest BCUT2D eigenvalue weighted by Crippen LogP contribution is 2.29. The van der Waals surface area contributed by atoms with Gasteiger partial charge in [-0.3, -0.25) is 9.59 Å². The Morgan fingerprint density at radius 1 is 1.16 bits per heavy atom. The number of carbonyl (C=O) groups is 2. The van der Waals surface area contributed by atoms with E-state index in [1.165, 1.54) is 16.4 Å². The first-order chi connectivity index (χ1) is 15.2. The summed E-state index contributed by atoms with van der Waals surface area (Å²) in [7, 11) is -3.79. The quantitative estimate of drug-likeness (QED) is 0.732. The van der Waals surface area contributed by atoms with Crippen molar-refractivity contribution in [3.8, 4) is 0 Å². The summed E-state index contributed by atoms with van der Waals surface area (Å²) in [5.41, 5.74) is 2.28. The number of nitrogens with one attached hydrogen (secondary N) is 2. The first-order valence-electron chi connectivity index (χ1n) is 10.7. The lowest BCUT2D eigenvalue weighted by molar-refractivity contribution is -0.121. The fraction of sp³-hybridized carbons (Fsp3) is 0.391. The van der Waals surface area contributed by atoms with E-state index in [4.69, 9.17) is 0 Å². The SMILES string of the molecule is Cc1ccc(NC(=O)[C@@H]2CCCN(S(=O)(=O)c3ccc4c(c3)CCCC(=O)N4)C2)cc1F. The van der Waals surface area contributed by atoms with E-state index < -0.39 is 21.8 Å². The Balaban J connectivity index is 1.49. The van der Waals surface area contributed by atoms with Crippen LogP contribution in [0.5, 0.6) is 0 Å². The molecule has 0 spiro atoms. The zero-order valence-electron chi connectivity index (χ0n) is 17.9. The van der Waals surface area contributed by atoms with E-state index in [2.05, 4.69) is 10.6 Å². The number of anilines is 2. The van der Waals surface area contributed by atoms with Crippen molar-refractivity contribution in [1.29, 1.82) is 0 Å². The molecule has 0 aliphatic carbocycles. The third-order valence-electron chi connectivity index (χ3n) is 6.03. The van der Waals surface area contributed by atoms with Crippen LogP contribution in [0.1, 0.15) is 36.8 Å². The minimum atomic E-state index is -3.79. The molecule has 2 aromatic rings. The first kappa shape index (κ1) is 22.4. The molecule has 7 nitrogen and oxygen atoms in total. The van der Waals surface area contributed by atoms with Gasteiger partial charge in [-0.15, -0.1) is 0 Å². The third-order valence-corrected chi connectivity index (χ3v) is 7.89. The minimum absolute atomic E-state index is 0.0658. The van der Waals surface area contributed by atoms with Crippen molar-refractivity contribution in [3.63, 3.8) is 0 Å². The standard InChI is InChI=1S/C23H26FN3O4S/c1-15-7-8-18(13-20(15)24)25-23(29)17-5-3-11-27(14-17)32(30,31)19-9-10-21-16(12-19)4-2-6-22(28)26-21/h7-10,12-13,17H,2-6,11,14H2,1H3,(H,25,29)(H,26,28)/t17-/m1/s1. The molecule has 4 rings (SSSR count). The van der Waals surface area contributed by atoms with Gasteiger partial charge in [0, 0.05) is 30.9 Å². The normalized spacial score (nSPS) is 19.6. The largest absolute Gasteiger partial charge is 0.326 e. The van der Waals surface area contributed by atoms with Crippen molar-refractivity contribution >= 4 is 33.2 Å². The predicted octanol–water partition coefficient (Wildman–Crippen LogP) is 3.45. The maximum absolute atomic E-state index is 13.8. The lowest BCUT2D eigenvalue weighted by Gasteiger charge is -2.31. The molecule has 0 bridgehead atoms. The van der Waals surface area contributed by atoms with Crippen molar-refractivity contribution in [1.82, 2.24) is 4.31 Å². The monoisotopic (exact) mass is 459 g/mol. The van der Waals surface area contributed by atoms with Crippen LogP contribution < -0.4 is 10.6 Å². The highest BCUT2D eigenvalue weighted by Gasteiger charge is 2.34. The lowest BCUT2D eigenvalue weighted by Crippen LogP contribution is -2.43. The first-order valence-corrected chi connectivity index (χ1v) is 12.2. The molecule has 2 amide bonds. The molecule has 0 aromatic heterocycles. The fourth-order valence-corrected chi connectivity index (χ4v) is 5.73. The van der Waals surface area contributed by atoms with Crippen molar-refractivity contribution in [2.75, 3.05) is 23.7 Å². The van der Waals surface area contributed by atoms with Crippen molar-refractivity contribution in [2.45, 2.75) is 43.9 Å². The predicted molar refractivity (Wildman–Crippen MR) is 119 cm³/mol.